The Morgan fingerprint density at radius 3 is 2.12 bits per heavy atom. The van der Waals surface area contributed by atoms with Gasteiger partial charge in [0.15, 0.2) is 11.5 Å². The summed E-state index contributed by atoms with van der Waals surface area (Å²) in [6.45, 7) is 0. The number of ether oxygens (including phenoxy) is 3. The lowest BCUT2D eigenvalue weighted by Gasteiger charge is -2.26. The Morgan fingerprint density at radius 1 is 0.818 bits per heavy atom. The smallest absolute Gasteiger partial charge is 0.241 e. The molecule has 0 aliphatic heterocycles. The van der Waals surface area contributed by atoms with Gasteiger partial charge in [0.2, 0.25) is 5.91 Å². The first-order valence-corrected chi connectivity index (χ1v) is 11.0. The Hall–Kier alpha value is -3.51. The zero-order valence-electron chi connectivity index (χ0n) is 19.6. The summed E-state index contributed by atoms with van der Waals surface area (Å²) in [7, 11) is 6.56. The van der Waals surface area contributed by atoms with E-state index in [9.17, 15) is 4.79 Å². The molecule has 1 amide bonds. The van der Waals surface area contributed by atoms with E-state index in [0.717, 1.165) is 29.7 Å². The summed E-state index contributed by atoms with van der Waals surface area (Å²) in [5.41, 5.74) is 3.12. The first kappa shape index (κ1) is 24.1. The molecule has 0 unspecified atom stereocenters. The van der Waals surface area contributed by atoms with Crippen molar-refractivity contribution in [3.8, 4) is 17.2 Å². The highest BCUT2D eigenvalue weighted by Gasteiger charge is 2.24. The molecule has 0 saturated carbocycles. The summed E-state index contributed by atoms with van der Waals surface area (Å²) in [5.74, 6) is 2.07. The number of likely N-dealkylation sites (N-methyl/N-ethyl adjacent to an activating group) is 1. The van der Waals surface area contributed by atoms with Gasteiger partial charge in [0.1, 0.15) is 11.8 Å². The topological polar surface area (TPSA) is 68.8 Å². The van der Waals surface area contributed by atoms with Crippen molar-refractivity contribution in [3.05, 3.63) is 89.5 Å². The molecule has 0 aliphatic rings. The van der Waals surface area contributed by atoms with Crippen molar-refractivity contribution in [2.24, 2.45) is 0 Å². The maximum Gasteiger partial charge on any atom is 0.241 e. The van der Waals surface area contributed by atoms with E-state index in [0.29, 0.717) is 11.5 Å². The molecule has 6 heteroatoms. The average Bonchev–Trinajstić information content (AvgIpc) is 2.88. The third kappa shape index (κ3) is 6.26. The van der Waals surface area contributed by atoms with Gasteiger partial charge >= 0.3 is 0 Å². The van der Waals surface area contributed by atoms with Crippen LogP contribution in [0.5, 0.6) is 17.2 Å². The summed E-state index contributed by atoms with van der Waals surface area (Å²) in [6, 6.07) is 23.1. The van der Waals surface area contributed by atoms with E-state index in [1.165, 1.54) is 5.56 Å². The van der Waals surface area contributed by atoms with Gasteiger partial charge in [-0.2, -0.15) is 0 Å². The van der Waals surface area contributed by atoms with E-state index < -0.39 is 6.04 Å². The number of nitrogens with one attached hydrogen (secondary N) is 2. The lowest BCUT2D eigenvalue weighted by atomic mass is 9.96. The molecule has 0 heterocycles. The van der Waals surface area contributed by atoms with Gasteiger partial charge in [0.25, 0.3) is 0 Å². The molecule has 0 spiro atoms. The quantitative estimate of drug-likeness (QED) is 0.453. The number of hydrogen-bond donors (Lipinski definition) is 2. The molecule has 33 heavy (non-hydrogen) atoms. The predicted molar refractivity (Wildman–Crippen MR) is 130 cm³/mol. The van der Waals surface area contributed by atoms with E-state index in [1.807, 2.05) is 60.7 Å². The van der Waals surface area contributed by atoms with Crippen LogP contribution in [0.1, 0.15) is 35.2 Å². The summed E-state index contributed by atoms with van der Waals surface area (Å²) >= 11 is 0. The predicted octanol–water partition coefficient (Wildman–Crippen LogP) is 4.46. The molecule has 0 aromatic heterocycles. The summed E-state index contributed by atoms with van der Waals surface area (Å²) in [6.07, 6.45) is 1.60. The van der Waals surface area contributed by atoms with E-state index in [-0.39, 0.29) is 11.9 Å². The molecule has 3 aromatic rings. The minimum absolute atomic E-state index is 0.0869. The lowest BCUT2D eigenvalue weighted by molar-refractivity contribution is -0.123. The fourth-order valence-electron chi connectivity index (χ4n) is 3.83. The number of amides is 1. The molecule has 6 nitrogen and oxygen atoms in total. The van der Waals surface area contributed by atoms with Crippen LogP contribution in [0, 0.1) is 0 Å². The van der Waals surface area contributed by atoms with Crippen LogP contribution in [-0.4, -0.2) is 34.3 Å². The monoisotopic (exact) mass is 448 g/mol. The van der Waals surface area contributed by atoms with Crippen LogP contribution in [0.4, 0.5) is 0 Å². The number of rotatable bonds is 11. The lowest BCUT2D eigenvalue weighted by Crippen LogP contribution is -2.38. The molecule has 174 valence electrons. The van der Waals surface area contributed by atoms with E-state index in [1.54, 1.807) is 28.4 Å². The third-order valence-corrected chi connectivity index (χ3v) is 5.70. The molecule has 0 saturated heterocycles. The van der Waals surface area contributed by atoms with Crippen molar-refractivity contribution in [2.45, 2.75) is 24.9 Å². The van der Waals surface area contributed by atoms with Crippen LogP contribution in [-0.2, 0) is 11.2 Å². The minimum atomic E-state index is -0.495. The van der Waals surface area contributed by atoms with Crippen LogP contribution < -0.4 is 24.8 Å². The largest absolute Gasteiger partial charge is 0.497 e. The van der Waals surface area contributed by atoms with Crippen LogP contribution in [0.15, 0.2) is 72.8 Å². The number of aryl methyl sites for hydroxylation is 1. The number of hydrogen-bond acceptors (Lipinski definition) is 5. The summed E-state index contributed by atoms with van der Waals surface area (Å²) in [5, 5.41) is 6.37. The molecule has 3 rings (SSSR count). The van der Waals surface area contributed by atoms with Gasteiger partial charge in [-0.15, -0.1) is 0 Å². The Labute approximate surface area is 195 Å². The number of methoxy groups -OCH3 is 3. The average molecular weight is 449 g/mol. The fourth-order valence-corrected chi connectivity index (χ4v) is 3.83. The molecule has 2 N–H and O–H groups in total. The first-order chi connectivity index (χ1) is 16.1. The molecular weight excluding hydrogens is 416 g/mol. The zero-order valence-corrected chi connectivity index (χ0v) is 19.6. The van der Waals surface area contributed by atoms with Gasteiger partial charge in [0, 0.05) is 13.1 Å². The Morgan fingerprint density at radius 2 is 1.52 bits per heavy atom. The first-order valence-electron chi connectivity index (χ1n) is 11.0. The minimum Gasteiger partial charge on any atom is -0.497 e. The molecule has 2 atom stereocenters. The van der Waals surface area contributed by atoms with Crippen LogP contribution in [0.3, 0.4) is 0 Å². The third-order valence-electron chi connectivity index (χ3n) is 5.70. The van der Waals surface area contributed by atoms with Crippen LogP contribution in [0.25, 0.3) is 0 Å². The van der Waals surface area contributed by atoms with Crippen molar-refractivity contribution in [1.82, 2.24) is 10.6 Å². The van der Waals surface area contributed by atoms with Crippen molar-refractivity contribution >= 4 is 5.91 Å². The number of benzene rings is 3. The molecule has 0 bridgehead atoms. The van der Waals surface area contributed by atoms with Crippen molar-refractivity contribution < 1.29 is 19.0 Å². The maximum absolute atomic E-state index is 12.8. The second-order valence-corrected chi connectivity index (χ2v) is 7.68. The number of carbonyl (C=O) groups excluding carboxylic acids is 1. The normalized spacial score (nSPS) is 12.5. The standard InChI is InChI=1S/C27H32N2O4/c1-28-27(30)26(20-8-6-5-7-9-20)29-23(16-12-19-10-14-22(31-2)15-11-19)21-13-17-24(32-3)25(18-21)33-4/h5-11,13-15,17-18,23,26,29H,12,16H2,1-4H3,(H,28,30)/t23-,26+/m1/s1. The van der Waals surface area contributed by atoms with E-state index in [4.69, 9.17) is 14.2 Å². The van der Waals surface area contributed by atoms with Gasteiger partial charge in [-0.1, -0.05) is 48.5 Å². The summed E-state index contributed by atoms with van der Waals surface area (Å²) < 4.78 is 16.2. The Kier molecular flexibility index (Phi) is 8.72. The Balaban J connectivity index is 1.91. The van der Waals surface area contributed by atoms with Gasteiger partial charge in [-0.25, -0.2) is 0 Å². The highest BCUT2D eigenvalue weighted by Crippen LogP contribution is 2.33. The Bertz CT molecular complexity index is 1020. The molecule has 0 fully saturated rings. The SMILES string of the molecule is CNC(=O)[C@@H](N[C@H](CCc1ccc(OC)cc1)c1ccc(OC)c(OC)c1)c1ccccc1. The van der Waals surface area contributed by atoms with Crippen molar-refractivity contribution in [2.75, 3.05) is 28.4 Å². The number of carbonyl (C=O) groups is 1. The fraction of sp³-hybridized carbons (Fsp3) is 0.296. The van der Waals surface area contributed by atoms with Gasteiger partial charge < -0.3 is 19.5 Å². The van der Waals surface area contributed by atoms with Gasteiger partial charge in [0.05, 0.1) is 21.3 Å². The highest BCUT2D eigenvalue weighted by atomic mass is 16.5. The maximum atomic E-state index is 12.8. The van der Waals surface area contributed by atoms with Crippen LogP contribution >= 0.6 is 0 Å². The zero-order chi connectivity index (χ0) is 23.6. The van der Waals surface area contributed by atoms with E-state index >= 15 is 0 Å². The summed E-state index contributed by atoms with van der Waals surface area (Å²) in [4.78, 5) is 12.8. The highest BCUT2D eigenvalue weighted by molar-refractivity contribution is 5.83. The molecular formula is C27H32N2O4. The van der Waals surface area contributed by atoms with E-state index in [2.05, 4.69) is 22.8 Å². The van der Waals surface area contributed by atoms with Crippen molar-refractivity contribution in [3.63, 3.8) is 0 Å². The van der Waals surface area contributed by atoms with Crippen LogP contribution in [0.2, 0.25) is 0 Å². The van der Waals surface area contributed by atoms with Gasteiger partial charge in [-0.05, 0) is 53.8 Å². The van der Waals surface area contributed by atoms with Crippen molar-refractivity contribution in [1.29, 1.82) is 0 Å². The molecule has 0 aliphatic carbocycles. The molecule has 3 aromatic carbocycles. The second-order valence-electron chi connectivity index (χ2n) is 7.68. The molecule has 0 radical (unpaired) electrons. The second kappa shape index (κ2) is 11.9. The van der Waals surface area contributed by atoms with Gasteiger partial charge in [-0.3, -0.25) is 10.1 Å².